The summed E-state index contributed by atoms with van der Waals surface area (Å²) in [6.45, 7) is 6.27. The third-order valence-electron chi connectivity index (χ3n) is 1.61. The summed E-state index contributed by atoms with van der Waals surface area (Å²) >= 11 is 4.23. The number of rotatable bonds is 2. The van der Waals surface area contributed by atoms with E-state index in [1.807, 2.05) is 12.1 Å². The highest BCUT2D eigenvalue weighted by Crippen LogP contribution is 2.05. The van der Waals surface area contributed by atoms with Gasteiger partial charge in [0.05, 0.1) is 0 Å². The summed E-state index contributed by atoms with van der Waals surface area (Å²) in [5.74, 6) is 0. The van der Waals surface area contributed by atoms with Gasteiger partial charge in [0.15, 0.2) is 9.76 Å². The molecular weight excluding hydrogens is 196 g/mol. The molecule has 72 valence electrons. The van der Waals surface area contributed by atoms with Gasteiger partial charge in [-0.3, -0.25) is 0 Å². The second kappa shape index (κ2) is 4.31. The van der Waals surface area contributed by atoms with E-state index in [9.17, 15) is 0 Å². The highest BCUT2D eigenvalue weighted by atomic mass is 32.1. The zero-order valence-electron chi connectivity index (χ0n) is 8.37. The van der Waals surface area contributed by atoms with Crippen LogP contribution in [0.3, 0.4) is 0 Å². The third kappa shape index (κ3) is 4.50. The average molecular weight is 212 g/mol. The molecule has 0 radical (unpaired) electrons. The standard InChI is InChI=1S/C10H16OSSi/c1-10(2,3)11-13-9-6-4-8(12)5-7-9/h4-7,12H,13H2,1-3H3. The van der Waals surface area contributed by atoms with Crippen molar-refractivity contribution < 1.29 is 4.43 Å². The fourth-order valence-electron chi connectivity index (χ4n) is 0.892. The first-order chi connectivity index (χ1) is 5.97. The van der Waals surface area contributed by atoms with Crippen molar-refractivity contribution in [3.63, 3.8) is 0 Å². The molecule has 0 aliphatic rings. The predicted octanol–water partition coefficient (Wildman–Crippen LogP) is 1.50. The molecule has 0 aromatic heterocycles. The van der Waals surface area contributed by atoms with Crippen molar-refractivity contribution in [3.05, 3.63) is 24.3 Å². The fraction of sp³-hybridized carbons (Fsp3) is 0.400. The Kier molecular flexibility index (Phi) is 3.59. The first-order valence-electron chi connectivity index (χ1n) is 4.39. The maximum atomic E-state index is 5.77. The van der Waals surface area contributed by atoms with Crippen molar-refractivity contribution in [1.29, 1.82) is 0 Å². The van der Waals surface area contributed by atoms with Gasteiger partial charge in [-0.1, -0.05) is 12.1 Å². The molecule has 13 heavy (non-hydrogen) atoms. The van der Waals surface area contributed by atoms with Crippen molar-refractivity contribution in [2.75, 3.05) is 0 Å². The molecule has 0 fully saturated rings. The molecule has 0 aliphatic heterocycles. The minimum absolute atomic E-state index is 0.00808. The SMILES string of the molecule is CC(C)(C)O[SiH2]c1ccc(S)cc1. The normalized spacial score (nSPS) is 12.6. The van der Waals surface area contributed by atoms with Crippen molar-refractivity contribution in [1.82, 2.24) is 0 Å². The van der Waals surface area contributed by atoms with Gasteiger partial charge >= 0.3 is 0 Å². The van der Waals surface area contributed by atoms with Crippen molar-refractivity contribution in [2.45, 2.75) is 31.3 Å². The van der Waals surface area contributed by atoms with E-state index in [4.69, 9.17) is 4.43 Å². The average Bonchev–Trinajstić information content (AvgIpc) is 2.02. The molecule has 0 bridgehead atoms. The summed E-state index contributed by atoms with van der Waals surface area (Å²) < 4.78 is 5.77. The van der Waals surface area contributed by atoms with Crippen LogP contribution in [0.1, 0.15) is 20.8 Å². The van der Waals surface area contributed by atoms with Gasteiger partial charge in [0.1, 0.15) is 0 Å². The molecule has 0 saturated carbocycles. The van der Waals surface area contributed by atoms with Crippen LogP contribution in [0, 0.1) is 0 Å². The summed E-state index contributed by atoms with van der Waals surface area (Å²) in [7, 11) is -0.566. The molecule has 1 nitrogen and oxygen atoms in total. The topological polar surface area (TPSA) is 9.23 Å². The van der Waals surface area contributed by atoms with Gasteiger partial charge in [-0.05, 0) is 38.1 Å². The van der Waals surface area contributed by atoms with Crippen molar-refractivity contribution >= 4 is 27.6 Å². The van der Waals surface area contributed by atoms with E-state index < -0.39 is 9.76 Å². The summed E-state index contributed by atoms with van der Waals surface area (Å²) in [5, 5.41) is 1.33. The Morgan fingerprint density at radius 2 is 1.69 bits per heavy atom. The molecule has 0 unspecified atom stereocenters. The Morgan fingerprint density at radius 1 is 1.15 bits per heavy atom. The van der Waals surface area contributed by atoms with Gasteiger partial charge in [0.2, 0.25) is 0 Å². The van der Waals surface area contributed by atoms with Gasteiger partial charge in [0.25, 0.3) is 0 Å². The Hall–Kier alpha value is -0.253. The van der Waals surface area contributed by atoms with Gasteiger partial charge in [-0.2, -0.15) is 0 Å². The zero-order chi connectivity index (χ0) is 9.90. The number of hydrogen-bond acceptors (Lipinski definition) is 2. The lowest BCUT2D eigenvalue weighted by Crippen LogP contribution is -2.28. The molecule has 0 saturated heterocycles. The van der Waals surface area contributed by atoms with Gasteiger partial charge < -0.3 is 4.43 Å². The van der Waals surface area contributed by atoms with E-state index in [1.165, 1.54) is 5.19 Å². The highest BCUT2D eigenvalue weighted by Gasteiger charge is 2.09. The van der Waals surface area contributed by atoms with E-state index in [1.54, 1.807) is 0 Å². The molecule has 0 atom stereocenters. The Balaban J connectivity index is 2.51. The monoisotopic (exact) mass is 212 g/mol. The highest BCUT2D eigenvalue weighted by molar-refractivity contribution is 7.80. The van der Waals surface area contributed by atoms with Crippen molar-refractivity contribution in [2.24, 2.45) is 0 Å². The first kappa shape index (κ1) is 10.8. The van der Waals surface area contributed by atoms with Crippen LogP contribution in [-0.4, -0.2) is 15.4 Å². The lowest BCUT2D eigenvalue weighted by molar-refractivity contribution is 0.142. The smallest absolute Gasteiger partial charge is 0.192 e. The largest absolute Gasteiger partial charge is 0.414 e. The Morgan fingerprint density at radius 3 is 2.15 bits per heavy atom. The van der Waals surface area contributed by atoms with E-state index in [0.29, 0.717) is 0 Å². The van der Waals surface area contributed by atoms with Crippen LogP contribution in [0.4, 0.5) is 0 Å². The van der Waals surface area contributed by atoms with Crippen LogP contribution in [0.15, 0.2) is 29.2 Å². The molecule has 0 heterocycles. The molecule has 0 N–H and O–H groups in total. The number of benzene rings is 1. The second-order valence-electron chi connectivity index (χ2n) is 4.07. The Bertz CT molecular complexity index is 263. The minimum atomic E-state index is -0.566. The van der Waals surface area contributed by atoms with Crippen LogP contribution in [-0.2, 0) is 4.43 Å². The minimum Gasteiger partial charge on any atom is -0.414 e. The number of hydrogen-bond donors (Lipinski definition) is 1. The van der Waals surface area contributed by atoms with Gasteiger partial charge in [-0.25, -0.2) is 0 Å². The molecular formula is C10H16OSSi. The maximum Gasteiger partial charge on any atom is 0.192 e. The lowest BCUT2D eigenvalue weighted by atomic mass is 10.2. The summed E-state index contributed by atoms with van der Waals surface area (Å²) in [6.07, 6.45) is 0. The zero-order valence-corrected chi connectivity index (χ0v) is 10.7. The maximum absolute atomic E-state index is 5.77. The van der Waals surface area contributed by atoms with Gasteiger partial charge in [0, 0.05) is 10.5 Å². The Labute approximate surface area is 87.9 Å². The predicted molar refractivity (Wildman–Crippen MR) is 62.7 cm³/mol. The molecule has 1 aromatic rings. The van der Waals surface area contributed by atoms with Crippen LogP contribution in [0.5, 0.6) is 0 Å². The van der Waals surface area contributed by atoms with Gasteiger partial charge in [-0.15, -0.1) is 12.6 Å². The van der Waals surface area contributed by atoms with Crippen molar-refractivity contribution in [3.8, 4) is 0 Å². The van der Waals surface area contributed by atoms with E-state index in [2.05, 4.69) is 45.5 Å². The molecule has 0 amide bonds. The van der Waals surface area contributed by atoms with Crippen LogP contribution >= 0.6 is 12.6 Å². The molecule has 1 rings (SSSR count). The fourth-order valence-corrected chi connectivity index (χ4v) is 2.07. The lowest BCUT2D eigenvalue weighted by Gasteiger charge is -2.19. The number of thiol groups is 1. The van der Waals surface area contributed by atoms with E-state index >= 15 is 0 Å². The van der Waals surface area contributed by atoms with Crippen LogP contribution in [0.2, 0.25) is 0 Å². The molecule has 3 heteroatoms. The molecule has 0 aliphatic carbocycles. The van der Waals surface area contributed by atoms with E-state index in [0.717, 1.165) is 4.90 Å². The molecule has 0 spiro atoms. The first-order valence-corrected chi connectivity index (χ1v) is 6.12. The summed E-state index contributed by atoms with van der Waals surface area (Å²) in [4.78, 5) is 1.01. The second-order valence-corrected chi connectivity index (χ2v) is 5.98. The van der Waals surface area contributed by atoms with E-state index in [-0.39, 0.29) is 5.60 Å². The summed E-state index contributed by atoms with van der Waals surface area (Å²) in [6, 6.07) is 8.22. The quantitative estimate of drug-likeness (QED) is 0.577. The van der Waals surface area contributed by atoms with Crippen LogP contribution < -0.4 is 5.19 Å². The van der Waals surface area contributed by atoms with Crippen LogP contribution in [0.25, 0.3) is 0 Å². The summed E-state index contributed by atoms with van der Waals surface area (Å²) in [5.41, 5.74) is -0.00808. The molecule has 1 aromatic carbocycles. The third-order valence-corrected chi connectivity index (χ3v) is 3.72.